The zero-order valence-corrected chi connectivity index (χ0v) is 15.4. The summed E-state index contributed by atoms with van der Waals surface area (Å²) in [6.07, 6.45) is 6.51. The highest BCUT2D eigenvalue weighted by molar-refractivity contribution is 5.89. The molecule has 130 valence electrons. The second-order valence-corrected chi connectivity index (χ2v) is 8.38. The first-order valence-electron chi connectivity index (χ1n) is 9.12. The van der Waals surface area contributed by atoms with Gasteiger partial charge in [0.2, 0.25) is 0 Å². The van der Waals surface area contributed by atoms with Crippen LogP contribution in [-0.2, 0) is 0 Å². The summed E-state index contributed by atoms with van der Waals surface area (Å²) >= 11 is 0. The van der Waals surface area contributed by atoms with Gasteiger partial charge in [0.25, 0.3) is 0 Å². The molecule has 1 fully saturated rings. The fourth-order valence-corrected chi connectivity index (χ4v) is 3.37. The molecule has 3 rings (SSSR count). The Morgan fingerprint density at radius 1 is 1.04 bits per heavy atom. The summed E-state index contributed by atoms with van der Waals surface area (Å²) in [7, 11) is 0. The van der Waals surface area contributed by atoms with Crippen LogP contribution in [0.3, 0.4) is 0 Å². The fraction of sp³-hybridized carbons (Fsp3) is 0.600. The third-order valence-electron chi connectivity index (χ3n) is 4.78. The predicted octanol–water partition coefficient (Wildman–Crippen LogP) is 4.30. The number of benzene rings is 1. The SMILES string of the molecule is Cc1ccc2ncnc(N[C@H]3CC[C@H](NCC(C)(C)C)CC3)c2c1. The molecule has 2 aromatic rings. The zero-order chi connectivity index (χ0) is 17.2. The van der Waals surface area contributed by atoms with Crippen molar-refractivity contribution in [3.05, 3.63) is 30.1 Å². The fourth-order valence-electron chi connectivity index (χ4n) is 3.37. The normalized spacial score (nSPS) is 21.8. The van der Waals surface area contributed by atoms with Crippen LogP contribution in [0.2, 0.25) is 0 Å². The lowest BCUT2D eigenvalue weighted by atomic mass is 9.89. The van der Waals surface area contributed by atoms with E-state index in [1.54, 1.807) is 6.33 Å². The van der Waals surface area contributed by atoms with Crippen LogP contribution in [0.25, 0.3) is 10.9 Å². The van der Waals surface area contributed by atoms with Gasteiger partial charge in [0.05, 0.1) is 5.52 Å². The average molecular weight is 326 g/mol. The van der Waals surface area contributed by atoms with Crippen molar-refractivity contribution < 1.29 is 0 Å². The number of anilines is 1. The van der Waals surface area contributed by atoms with Gasteiger partial charge >= 0.3 is 0 Å². The number of fused-ring (bicyclic) bond motifs is 1. The molecule has 4 nitrogen and oxygen atoms in total. The molecule has 0 atom stereocenters. The molecule has 0 saturated heterocycles. The van der Waals surface area contributed by atoms with Crippen LogP contribution in [0.1, 0.15) is 52.0 Å². The lowest BCUT2D eigenvalue weighted by molar-refractivity contribution is 0.299. The van der Waals surface area contributed by atoms with Gasteiger partial charge in [-0.25, -0.2) is 9.97 Å². The van der Waals surface area contributed by atoms with Crippen molar-refractivity contribution in [2.45, 2.75) is 65.5 Å². The highest BCUT2D eigenvalue weighted by Gasteiger charge is 2.23. The molecule has 1 aromatic carbocycles. The van der Waals surface area contributed by atoms with Crippen molar-refractivity contribution in [2.75, 3.05) is 11.9 Å². The summed E-state index contributed by atoms with van der Waals surface area (Å²) in [5, 5.41) is 8.52. The molecule has 4 heteroatoms. The maximum atomic E-state index is 4.49. The topological polar surface area (TPSA) is 49.8 Å². The van der Waals surface area contributed by atoms with Gasteiger partial charge in [-0.2, -0.15) is 0 Å². The summed E-state index contributed by atoms with van der Waals surface area (Å²) in [6.45, 7) is 10.1. The van der Waals surface area contributed by atoms with Crippen molar-refractivity contribution in [1.82, 2.24) is 15.3 Å². The second-order valence-electron chi connectivity index (χ2n) is 8.38. The second kappa shape index (κ2) is 7.06. The summed E-state index contributed by atoms with van der Waals surface area (Å²) in [4.78, 5) is 8.87. The third kappa shape index (κ3) is 4.44. The Bertz CT molecular complexity index is 682. The molecular weight excluding hydrogens is 296 g/mol. The predicted molar refractivity (Wildman–Crippen MR) is 101 cm³/mol. The largest absolute Gasteiger partial charge is 0.367 e. The standard InChI is InChI=1S/C20H30N4/c1-14-5-10-18-17(11-14)19(23-13-22-18)24-16-8-6-15(7-9-16)21-12-20(2,3)4/h5,10-11,13,15-16,21H,6-9,12H2,1-4H3,(H,22,23,24)/t15-,16-. The molecular formula is C20H30N4. The molecule has 0 spiro atoms. The van der Waals surface area contributed by atoms with Gasteiger partial charge in [0.1, 0.15) is 12.1 Å². The van der Waals surface area contributed by atoms with E-state index in [9.17, 15) is 0 Å². The molecule has 24 heavy (non-hydrogen) atoms. The molecule has 1 heterocycles. The van der Waals surface area contributed by atoms with E-state index in [1.807, 2.05) is 0 Å². The molecule has 0 unspecified atom stereocenters. The lowest BCUT2D eigenvalue weighted by Gasteiger charge is -2.32. The van der Waals surface area contributed by atoms with Gasteiger partial charge in [-0.15, -0.1) is 0 Å². The smallest absolute Gasteiger partial charge is 0.137 e. The van der Waals surface area contributed by atoms with E-state index < -0.39 is 0 Å². The monoisotopic (exact) mass is 326 g/mol. The quantitative estimate of drug-likeness (QED) is 0.879. The Labute approximate surface area is 145 Å². The van der Waals surface area contributed by atoms with Gasteiger partial charge in [0.15, 0.2) is 0 Å². The Balaban J connectivity index is 1.60. The minimum Gasteiger partial charge on any atom is -0.367 e. The zero-order valence-electron chi connectivity index (χ0n) is 15.4. The van der Waals surface area contributed by atoms with E-state index in [2.05, 4.69) is 66.5 Å². The maximum Gasteiger partial charge on any atom is 0.137 e. The first-order valence-corrected chi connectivity index (χ1v) is 9.12. The molecule has 1 aliphatic rings. The van der Waals surface area contributed by atoms with Crippen LogP contribution in [0.5, 0.6) is 0 Å². The summed E-state index contributed by atoms with van der Waals surface area (Å²) in [5.41, 5.74) is 2.61. The van der Waals surface area contributed by atoms with E-state index in [4.69, 9.17) is 0 Å². The molecule has 0 aliphatic heterocycles. The number of rotatable bonds is 4. The minimum atomic E-state index is 0.354. The Morgan fingerprint density at radius 2 is 1.75 bits per heavy atom. The van der Waals surface area contributed by atoms with E-state index in [-0.39, 0.29) is 0 Å². The van der Waals surface area contributed by atoms with E-state index in [0.29, 0.717) is 17.5 Å². The van der Waals surface area contributed by atoms with Crippen LogP contribution < -0.4 is 10.6 Å². The number of aromatic nitrogens is 2. The van der Waals surface area contributed by atoms with Gasteiger partial charge in [0, 0.05) is 24.0 Å². The third-order valence-corrected chi connectivity index (χ3v) is 4.78. The molecule has 2 N–H and O–H groups in total. The van der Waals surface area contributed by atoms with Crippen molar-refractivity contribution in [1.29, 1.82) is 0 Å². The van der Waals surface area contributed by atoms with Crippen LogP contribution in [0, 0.1) is 12.3 Å². The van der Waals surface area contributed by atoms with E-state index in [0.717, 1.165) is 23.3 Å². The molecule has 1 aliphatic carbocycles. The van der Waals surface area contributed by atoms with Crippen molar-refractivity contribution in [3.8, 4) is 0 Å². The van der Waals surface area contributed by atoms with Crippen LogP contribution in [0.4, 0.5) is 5.82 Å². The molecule has 0 bridgehead atoms. The number of hydrogen-bond donors (Lipinski definition) is 2. The Kier molecular flexibility index (Phi) is 5.04. The number of hydrogen-bond acceptors (Lipinski definition) is 4. The lowest BCUT2D eigenvalue weighted by Crippen LogP contribution is -2.40. The van der Waals surface area contributed by atoms with Gasteiger partial charge in [-0.3, -0.25) is 0 Å². The highest BCUT2D eigenvalue weighted by Crippen LogP contribution is 2.26. The van der Waals surface area contributed by atoms with Gasteiger partial charge in [-0.05, 0) is 50.2 Å². The molecule has 1 saturated carbocycles. The maximum absolute atomic E-state index is 4.49. The Morgan fingerprint density at radius 3 is 2.46 bits per heavy atom. The molecule has 1 aromatic heterocycles. The summed E-state index contributed by atoms with van der Waals surface area (Å²) < 4.78 is 0. The Hall–Kier alpha value is -1.68. The van der Waals surface area contributed by atoms with Crippen molar-refractivity contribution >= 4 is 16.7 Å². The van der Waals surface area contributed by atoms with Crippen LogP contribution >= 0.6 is 0 Å². The summed E-state index contributed by atoms with van der Waals surface area (Å²) in [6, 6.07) is 7.52. The van der Waals surface area contributed by atoms with Gasteiger partial charge < -0.3 is 10.6 Å². The van der Waals surface area contributed by atoms with Gasteiger partial charge in [-0.1, -0.05) is 32.4 Å². The van der Waals surface area contributed by atoms with E-state index in [1.165, 1.54) is 31.2 Å². The average Bonchev–Trinajstić information content (AvgIpc) is 2.54. The molecule has 0 amide bonds. The highest BCUT2D eigenvalue weighted by atomic mass is 15.0. The van der Waals surface area contributed by atoms with Crippen molar-refractivity contribution in [3.63, 3.8) is 0 Å². The first-order chi connectivity index (χ1) is 11.4. The number of aryl methyl sites for hydroxylation is 1. The van der Waals surface area contributed by atoms with Crippen LogP contribution in [0.15, 0.2) is 24.5 Å². The van der Waals surface area contributed by atoms with Crippen LogP contribution in [-0.4, -0.2) is 28.6 Å². The van der Waals surface area contributed by atoms with E-state index >= 15 is 0 Å². The number of nitrogens with zero attached hydrogens (tertiary/aromatic N) is 2. The minimum absolute atomic E-state index is 0.354. The summed E-state index contributed by atoms with van der Waals surface area (Å²) in [5.74, 6) is 0.981. The van der Waals surface area contributed by atoms with Crippen molar-refractivity contribution in [2.24, 2.45) is 5.41 Å². The number of nitrogens with one attached hydrogen (secondary N) is 2. The molecule has 0 radical (unpaired) electrons. The first kappa shape index (κ1) is 17.2.